The zero-order valence-electron chi connectivity index (χ0n) is 14.3. The van der Waals surface area contributed by atoms with Crippen LogP contribution >= 0.6 is 24.0 Å². The van der Waals surface area contributed by atoms with E-state index in [1.54, 1.807) is 0 Å². The highest BCUT2D eigenvalue weighted by atomic mass is 35.5. The van der Waals surface area contributed by atoms with E-state index in [4.69, 9.17) is 16.3 Å². The van der Waals surface area contributed by atoms with E-state index in [0.717, 1.165) is 21.9 Å². The zero-order chi connectivity index (χ0) is 16.8. The smallest absolute Gasteiger partial charge is 0.122 e. The highest BCUT2D eigenvalue weighted by Gasteiger charge is 2.10. The fourth-order valence-corrected chi connectivity index (χ4v) is 2.51. The molecule has 3 nitrogen and oxygen atoms in total. The molecular weight excluding hydrogens is 345 g/mol. The first-order chi connectivity index (χ1) is 11.0. The Kier molecular flexibility index (Phi) is 8.57. The minimum Gasteiger partial charge on any atom is -0.491 e. The van der Waals surface area contributed by atoms with Crippen LogP contribution in [0.15, 0.2) is 42.5 Å². The van der Waals surface area contributed by atoms with Crippen LogP contribution in [0.25, 0.3) is 0 Å². The first-order valence-corrected chi connectivity index (χ1v) is 8.20. The molecule has 0 heterocycles. The Labute approximate surface area is 155 Å². The van der Waals surface area contributed by atoms with Crippen molar-refractivity contribution in [1.82, 2.24) is 5.32 Å². The molecule has 0 saturated heterocycles. The number of aliphatic hydroxyl groups excluding tert-OH is 1. The maximum absolute atomic E-state index is 10.1. The molecule has 0 aromatic heterocycles. The highest BCUT2D eigenvalue weighted by Crippen LogP contribution is 2.19. The molecule has 0 aliphatic rings. The number of nitrogens with one attached hydrogen (secondary N) is 1. The van der Waals surface area contributed by atoms with Gasteiger partial charge in [0.05, 0.1) is 0 Å². The fraction of sp³-hybridized carbons (Fsp3) is 0.368. The molecule has 2 N–H and O–H groups in total. The quantitative estimate of drug-likeness (QED) is 0.756. The van der Waals surface area contributed by atoms with Crippen molar-refractivity contribution in [2.45, 2.75) is 32.9 Å². The number of aliphatic hydroxyl groups is 1. The summed E-state index contributed by atoms with van der Waals surface area (Å²) in [6.45, 7) is 6.85. The van der Waals surface area contributed by atoms with Crippen LogP contribution in [-0.4, -0.2) is 24.4 Å². The summed E-state index contributed by atoms with van der Waals surface area (Å²) in [5.41, 5.74) is 3.42. The van der Waals surface area contributed by atoms with Crippen molar-refractivity contribution in [2.75, 3.05) is 13.2 Å². The Bertz CT molecular complexity index is 632. The van der Waals surface area contributed by atoms with Crippen LogP contribution in [0.1, 0.15) is 29.7 Å². The minimum atomic E-state index is -0.564. The number of aryl methyl sites for hydroxylation is 2. The molecule has 0 aliphatic carbocycles. The van der Waals surface area contributed by atoms with E-state index in [1.807, 2.05) is 50.2 Å². The summed E-state index contributed by atoms with van der Waals surface area (Å²) in [6.07, 6.45) is -0.564. The third-order valence-electron chi connectivity index (χ3n) is 3.79. The number of benzene rings is 2. The molecule has 24 heavy (non-hydrogen) atoms. The van der Waals surface area contributed by atoms with Gasteiger partial charge in [0.15, 0.2) is 0 Å². The van der Waals surface area contributed by atoms with Crippen molar-refractivity contribution in [3.05, 3.63) is 64.2 Å². The summed E-state index contributed by atoms with van der Waals surface area (Å²) >= 11 is 5.89. The Hall–Kier alpha value is -1.26. The number of hydrogen-bond donors (Lipinski definition) is 2. The second kappa shape index (κ2) is 9.90. The largest absolute Gasteiger partial charge is 0.491 e. The van der Waals surface area contributed by atoms with Crippen molar-refractivity contribution in [1.29, 1.82) is 0 Å². The van der Waals surface area contributed by atoms with Crippen LogP contribution in [-0.2, 0) is 0 Å². The number of hydrogen-bond acceptors (Lipinski definition) is 3. The third kappa shape index (κ3) is 6.33. The van der Waals surface area contributed by atoms with Crippen molar-refractivity contribution >= 4 is 24.0 Å². The van der Waals surface area contributed by atoms with E-state index in [1.165, 1.54) is 5.56 Å². The van der Waals surface area contributed by atoms with E-state index in [0.29, 0.717) is 6.54 Å². The van der Waals surface area contributed by atoms with Crippen LogP contribution in [0.3, 0.4) is 0 Å². The van der Waals surface area contributed by atoms with Gasteiger partial charge in [-0.15, -0.1) is 12.4 Å². The van der Waals surface area contributed by atoms with E-state index in [-0.39, 0.29) is 25.1 Å². The van der Waals surface area contributed by atoms with Gasteiger partial charge in [-0.25, -0.2) is 0 Å². The molecular formula is C19H25Cl2NO2. The lowest BCUT2D eigenvalue weighted by molar-refractivity contribution is 0.104. The number of rotatable bonds is 7. The van der Waals surface area contributed by atoms with E-state index < -0.39 is 6.10 Å². The van der Waals surface area contributed by atoms with Crippen LogP contribution in [0.4, 0.5) is 0 Å². The van der Waals surface area contributed by atoms with Gasteiger partial charge in [-0.1, -0.05) is 41.4 Å². The predicted octanol–water partition coefficient (Wildman–Crippen LogP) is 4.47. The molecule has 2 aromatic carbocycles. The minimum absolute atomic E-state index is 0. The van der Waals surface area contributed by atoms with Gasteiger partial charge in [0.2, 0.25) is 0 Å². The molecule has 5 heteroatoms. The standard InChI is InChI=1S/C19H24ClNO2.ClH/c1-13-4-9-19(14(2)10-13)23-12-18(22)11-21-15(3)16-5-7-17(20)8-6-16;/h4-10,15,18,21-22H,11-12H2,1-3H3;1H. The van der Waals surface area contributed by atoms with Crippen LogP contribution < -0.4 is 10.1 Å². The topological polar surface area (TPSA) is 41.5 Å². The third-order valence-corrected chi connectivity index (χ3v) is 4.04. The molecule has 0 fully saturated rings. The van der Waals surface area contributed by atoms with Gasteiger partial charge in [0.25, 0.3) is 0 Å². The van der Waals surface area contributed by atoms with Crippen molar-refractivity contribution in [3.63, 3.8) is 0 Å². The molecule has 0 radical (unpaired) electrons. The van der Waals surface area contributed by atoms with Gasteiger partial charge >= 0.3 is 0 Å². The summed E-state index contributed by atoms with van der Waals surface area (Å²) < 4.78 is 5.70. The maximum Gasteiger partial charge on any atom is 0.122 e. The van der Waals surface area contributed by atoms with Gasteiger partial charge in [0, 0.05) is 17.6 Å². The second-order valence-electron chi connectivity index (χ2n) is 5.92. The molecule has 2 rings (SSSR count). The van der Waals surface area contributed by atoms with Crippen molar-refractivity contribution in [2.24, 2.45) is 0 Å². The highest BCUT2D eigenvalue weighted by molar-refractivity contribution is 6.30. The summed E-state index contributed by atoms with van der Waals surface area (Å²) in [6, 6.07) is 13.9. The molecule has 0 amide bonds. The molecule has 0 bridgehead atoms. The lowest BCUT2D eigenvalue weighted by atomic mass is 10.1. The first kappa shape index (κ1) is 20.8. The molecule has 0 aliphatic heterocycles. The summed E-state index contributed by atoms with van der Waals surface area (Å²) in [4.78, 5) is 0. The molecule has 2 unspecified atom stereocenters. The summed E-state index contributed by atoms with van der Waals surface area (Å²) in [5, 5.41) is 14.1. The van der Waals surface area contributed by atoms with Crippen LogP contribution in [0.2, 0.25) is 5.02 Å². The molecule has 2 atom stereocenters. The average molecular weight is 370 g/mol. The summed E-state index contributed by atoms with van der Waals surface area (Å²) in [7, 11) is 0. The monoisotopic (exact) mass is 369 g/mol. The Balaban J connectivity index is 0.00000288. The predicted molar refractivity (Wildman–Crippen MR) is 103 cm³/mol. The maximum atomic E-state index is 10.1. The number of halogens is 2. The van der Waals surface area contributed by atoms with E-state index in [2.05, 4.69) is 18.3 Å². The van der Waals surface area contributed by atoms with Gasteiger partial charge in [0.1, 0.15) is 18.5 Å². The second-order valence-corrected chi connectivity index (χ2v) is 6.35. The van der Waals surface area contributed by atoms with Crippen molar-refractivity contribution < 1.29 is 9.84 Å². The lowest BCUT2D eigenvalue weighted by Gasteiger charge is -2.18. The molecule has 2 aromatic rings. The molecule has 0 spiro atoms. The zero-order valence-corrected chi connectivity index (χ0v) is 15.8. The SMILES string of the molecule is Cc1ccc(OCC(O)CNC(C)c2ccc(Cl)cc2)c(C)c1.Cl. The normalized spacial score (nSPS) is 13.0. The number of ether oxygens (including phenoxy) is 1. The lowest BCUT2D eigenvalue weighted by Crippen LogP contribution is -2.33. The average Bonchev–Trinajstić information content (AvgIpc) is 2.52. The first-order valence-electron chi connectivity index (χ1n) is 7.82. The van der Waals surface area contributed by atoms with Crippen LogP contribution in [0.5, 0.6) is 5.75 Å². The Morgan fingerprint density at radius 2 is 1.79 bits per heavy atom. The molecule has 132 valence electrons. The van der Waals surface area contributed by atoms with Gasteiger partial charge in [-0.3, -0.25) is 0 Å². The summed E-state index contributed by atoms with van der Waals surface area (Å²) in [5.74, 6) is 0.820. The van der Waals surface area contributed by atoms with Crippen LogP contribution in [0, 0.1) is 13.8 Å². The van der Waals surface area contributed by atoms with Crippen molar-refractivity contribution in [3.8, 4) is 5.75 Å². The van der Waals surface area contributed by atoms with Gasteiger partial charge in [-0.2, -0.15) is 0 Å². The Morgan fingerprint density at radius 3 is 2.42 bits per heavy atom. The van der Waals surface area contributed by atoms with Gasteiger partial charge in [-0.05, 0) is 50.1 Å². The fourth-order valence-electron chi connectivity index (χ4n) is 2.39. The Morgan fingerprint density at radius 1 is 1.12 bits per heavy atom. The van der Waals surface area contributed by atoms with E-state index in [9.17, 15) is 5.11 Å². The van der Waals surface area contributed by atoms with E-state index >= 15 is 0 Å². The van der Waals surface area contributed by atoms with Gasteiger partial charge < -0.3 is 15.2 Å². The molecule has 0 saturated carbocycles.